The first-order chi connectivity index (χ1) is 12.8. The summed E-state index contributed by atoms with van der Waals surface area (Å²) in [6.07, 6.45) is 1.35. The molecule has 5 nitrogen and oxygen atoms in total. The molecule has 0 amide bonds. The second kappa shape index (κ2) is 8.03. The fourth-order valence-electron chi connectivity index (χ4n) is 3.29. The number of fused-ring (bicyclic) bond motifs is 1. The molecule has 0 saturated carbocycles. The second-order valence-corrected chi connectivity index (χ2v) is 7.45. The molecule has 0 radical (unpaired) electrons. The van der Waals surface area contributed by atoms with Crippen LogP contribution < -0.4 is 9.64 Å². The summed E-state index contributed by atoms with van der Waals surface area (Å²) in [5.41, 5.74) is 0. The fraction of sp³-hybridized carbons (Fsp3) is 0.350. The number of rotatable bonds is 6. The van der Waals surface area contributed by atoms with Gasteiger partial charge >= 0.3 is 0 Å². The summed E-state index contributed by atoms with van der Waals surface area (Å²) in [6.45, 7) is 4.72. The number of aromatic nitrogens is 1. The topological polar surface area (TPSA) is 48.8 Å². The van der Waals surface area contributed by atoms with Gasteiger partial charge in [-0.3, -0.25) is 4.90 Å². The van der Waals surface area contributed by atoms with Crippen molar-refractivity contribution in [1.82, 2.24) is 9.88 Å². The van der Waals surface area contributed by atoms with E-state index in [1.54, 1.807) is 11.3 Å². The van der Waals surface area contributed by atoms with Crippen molar-refractivity contribution in [3.8, 4) is 5.75 Å². The van der Waals surface area contributed by atoms with Crippen LogP contribution in [0.5, 0.6) is 5.75 Å². The molecule has 2 aromatic carbocycles. The number of benzene rings is 2. The third-order valence-corrected chi connectivity index (χ3v) is 5.53. The van der Waals surface area contributed by atoms with Gasteiger partial charge in [-0.2, -0.15) is 0 Å². The Balaban J connectivity index is 1.24. The third kappa shape index (κ3) is 4.15. The first-order valence-electron chi connectivity index (χ1n) is 8.94. The molecule has 1 atom stereocenters. The summed E-state index contributed by atoms with van der Waals surface area (Å²) in [5.74, 6) is 0.802. The molecule has 26 heavy (non-hydrogen) atoms. The highest BCUT2D eigenvalue weighted by Gasteiger charge is 2.20. The summed E-state index contributed by atoms with van der Waals surface area (Å²) in [6, 6.07) is 14.2. The third-order valence-electron chi connectivity index (χ3n) is 4.69. The number of aliphatic hydroxyl groups excluding tert-OH is 1. The summed E-state index contributed by atoms with van der Waals surface area (Å²) in [5, 5.41) is 15.8. The molecule has 2 heterocycles. The molecule has 136 valence electrons. The first-order valence-corrected chi connectivity index (χ1v) is 9.82. The highest BCUT2D eigenvalue weighted by atomic mass is 32.1. The monoisotopic (exact) mass is 369 g/mol. The van der Waals surface area contributed by atoms with Crippen LogP contribution >= 0.6 is 11.3 Å². The Labute approximate surface area is 157 Å². The van der Waals surface area contributed by atoms with Gasteiger partial charge in [0.05, 0.1) is 0 Å². The van der Waals surface area contributed by atoms with Crippen molar-refractivity contribution in [1.29, 1.82) is 0 Å². The van der Waals surface area contributed by atoms with Gasteiger partial charge in [0.25, 0.3) is 0 Å². The zero-order chi connectivity index (χ0) is 17.8. The number of hydrogen-bond acceptors (Lipinski definition) is 6. The minimum atomic E-state index is -0.493. The van der Waals surface area contributed by atoms with Gasteiger partial charge in [0.15, 0.2) is 5.13 Å². The number of hydrogen-bond donors (Lipinski definition) is 1. The van der Waals surface area contributed by atoms with Crippen LogP contribution in [0.1, 0.15) is 0 Å². The zero-order valence-corrected chi connectivity index (χ0v) is 15.4. The summed E-state index contributed by atoms with van der Waals surface area (Å²) in [4.78, 5) is 8.96. The molecule has 0 unspecified atom stereocenters. The number of ether oxygens (including phenoxy) is 1. The lowest BCUT2D eigenvalue weighted by Crippen LogP contribution is -2.49. The predicted molar refractivity (Wildman–Crippen MR) is 106 cm³/mol. The SMILES string of the molecule is O[C@@H](COc1ccc2ccccc2c1)CN1CCN(c2nccs2)CC1. The number of nitrogens with zero attached hydrogens (tertiary/aromatic N) is 3. The van der Waals surface area contributed by atoms with Gasteiger partial charge in [0, 0.05) is 44.3 Å². The van der Waals surface area contributed by atoms with E-state index in [2.05, 4.69) is 33.0 Å². The normalized spacial score (nSPS) is 16.7. The van der Waals surface area contributed by atoms with Crippen molar-refractivity contribution in [3.63, 3.8) is 0 Å². The van der Waals surface area contributed by atoms with Gasteiger partial charge in [-0.25, -0.2) is 4.98 Å². The maximum atomic E-state index is 10.3. The van der Waals surface area contributed by atoms with E-state index < -0.39 is 6.10 Å². The van der Waals surface area contributed by atoms with Crippen LogP contribution in [0.15, 0.2) is 54.0 Å². The highest BCUT2D eigenvalue weighted by Crippen LogP contribution is 2.21. The van der Waals surface area contributed by atoms with Gasteiger partial charge in [0.1, 0.15) is 18.5 Å². The molecule has 1 saturated heterocycles. The standard InChI is InChI=1S/C20H23N3O2S/c24-18(14-22-8-10-23(11-9-22)20-21-7-12-26-20)15-25-19-6-5-16-3-1-2-4-17(16)13-19/h1-7,12-13,18,24H,8-11,14-15H2/t18-/m1/s1. The Hall–Kier alpha value is -2.15. The lowest BCUT2D eigenvalue weighted by atomic mass is 10.1. The number of thiazole rings is 1. The van der Waals surface area contributed by atoms with Gasteiger partial charge in [0.2, 0.25) is 0 Å². The number of anilines is 1. The van der Waals surface area contributed by atoms with E-state index in [-0.39, 0.29) is 0 Å². The molecule has 4 rings (SSSR count). The van der Waals surface area contributed by atoms with Crippen LogP contribution in [0, 0.1) is 0 Å². The Bertz CT molecular complexity index is 832. The van der Waals surface area contributed by atoms with Crippen molar-refractivity contribution in [3.05, 3.63) is 54.0 Å². The Morgan fingerprint density at radius 3 is 2.65 bits per heavy atom. The molecular formula is C20H23N3O2S. The minimum Gasteiger partial charge on any atom is -0.491 e. The van der Waals surface area contributed by atoms with Crippen LogP contribution in [0.25, 0.3) is 10.8 Å². The minimum absolute atomic E-state index is 0.311. The number of aliphatic hydroxyl groups is 1. The number of piperazine rings is 1. The van der Waals surface area contributed by atoms with Crippen molar-refractivity contribution < 1.29 is 9.84 Å². The Morgan fingerprint density at radius 1 is 1.08 bits per heavy atom. The van der Waals surface area contributed by atoms with Crippen molar-refractivity contribution in [2.45, 2.75) is 6.10 Å². The van der Waals surface area contributed by atoms with E-state index in [1.165, 1.54) is 5.39 Å². The average molecular weight is 369 g/mol. The zero-order valence-electron chi connectivity index (χ0n) is 14.6. The molecule has 0 bridgehead atoms. The van der Waals surface area contributed by atoms with Crippen LogP contribution in [0.2, 0.25) is 0 Å². The largest absolute Gasteiger partial charge is 0.491 e. The van der Waals surface area contributed by atoms with E-state index in [1.807, 2.05) is 35.8 Å². The molecule has 0 aliphatic carbocycles. The maximum absolute atomic E-state index is 10.3. The van der Waals surface area contributed by atoms with Gasteiger partial charge in [-0.15, -0.1) is 11.3 Å². The lowest BCUT2D eigenvalue weighted by molar-refractivity contribution is 0.0663. The van der Waals surface area contributed by atoms with E-state index in [0.717, 1.165) is 42.4 Å². The molecule has 0 spiro atoms. The quantitative estimate of drug-likeness (QED) is 0.724. The van der Waals surface area contributed by atoms with Crippen LogP contribution in [0.3, 0.4) is 0 Å². The maximum Gasteiger partial charge on any atom is 0.185 e. The molecule has 1 N–H and O–H groups in total. The summed E-state index contributed by atoms with van der Waals surface area (Å²) in [7, 11) is 0. The smallest absolute Gasteiger partial charge is 0.185 e. The van der Waals surface area contributed by atoms with Crippen molar-refractivity contribution in [2.75, 3.05) is 44.2 Å². The van der Waals surface area contributed by atoms with Crippen LogP contribution in [-0.4, -0.2) is 60.4 Å². The predicted octanol–water partition coefficient (Wildman–Crippen LogP) is 2.86. The van der Waals surface area contributed by atoms with Gasteiger partial charge in [-0.1, -0.05) is 30.3 Å². The van der Waals surface area contributed by atoms with Crippen LogP contribution in [-0.2, 0) is 0 Å². The molecule has 6 heteroatoms. The molecule has 3 aromatic rings. The summed E-state index contributed by atoms with van der Waals surface area (Å²) < 4.78 is 5.80. The van der Waals surface area contributed by atoms with E-state index in [4.69, 9.17) is 4.74 Å². The Kier molecular flexibility index (Phi) is 5.34. The van der Waals surface area contributed by atoms with E-state index in [0.29, 0.717) is 13.2 Å². The van der Waals surface area contributed by atoms with Crippen molar-refractivity contribution >= 4 is 27.2 Å². The lowest BCUT2D eigenvalue weighted by Gasteiger charge is -2.35. The van der Waals surface area contributed by atoms with E-state index >= 15 is 0 Å². The summed E-state index contributed by atoms with van der Waals surface area (Å²) >= 11 is 1.68. The van der Waals surface area contributed by atoms with Gasteiger partial charge in [-0.05, 0) is 22.9 Å². The molecule has 1 aliphatic rings. The first kappa shape index (κ1) is 17.3. The Morgan fingerprint density at radius 2 is 1.88 bits per heavy atom. The second-order valence-electron chi connectivity index (χ2n) is 6.58. The average Bonchev–Trinajstić information content (AvgIpc) is 3.22. The fourth-order valence-corrected chi connectivity index (χ4v) is 3.99. The van der Waals surface area contributed by atoms with Crippen LogP contribution in [0.4, 0.5) is 5.13 Å². The molecular weight excluding hydrogens is 346 g/mol. The highest BCUT2D eigenvalue weighted by molar-refractivity contribution is 7.13. The molecule has 1 fully saturated rings. The molecule has 1 aromatic heterocycles. The van der Waals surface area contributed by atoms with E-state index in [9.17, 15) is 5.11 Å². The van der Waals surface area contributed by atoms with Crippen molar-refractivity contribution in [2.24, 2.45) is 0 Å². The van der Waals surface area contributed by atoms with Gasteiger partial charge < -0.3 is 14.7 Å². The molecule has 1 aliphatic heterocycles. The number of β-amino-alcohol motifs (C(OH)–C–C–N with tert-alkyl or cyclic N) is 1.